The Hall–Kier alpha value is -1.62. The van der Waals surface area contributed by atoms with Crippen molar-refractivity contribution >= 4 is 17.8 Å². The molecule has 126 valence electrons. The Morgan fingerprint density at radius 1 is 1.04 bits per heavy atom. The lowest BCUT2D eigenvalue weighted by molar-refractivity contribution is 0.127. The number of nitrogens with zero attached hydrogens (tertiary/aromatic N) is 1. The Morgan fingerprint density at radius 3 is 2.42 bits per heavy atom. The SMILES string of the molecule is CN1CCCCC1COB(c1ccccc1)c1ccc(CO)cc1. The third-order valence-electron chi connectivity index (χ3n) is 4.94. The highest BCUT2D eigenvalue weighted by molar-refractivity contribution is 6.80. The van der Waals surface area contributed by atoms with Crippen LogP contribution in [0, 0.1) is 0 Å². The second kappa shape index (κ2) is 8.47. The van der Waals surface area contributed by atoms with Crippen LogP contribution in [0.5, 0.6) is 0 Å². The van der Waals surface area contributed by atoms with Gasteiger partial charge < -0.3 is 14.7 Å². The van der Waals surface area contributed by atoms with E-state index in [1.807, 2.05) is 18.2 Å². The van der Waals surface area contributed by atoms with Crippen LogP contribution in [-0.4, -0.2) is 43.2 Å². The van der Waals surface area contributed by atoms with E-state index in [0.717, 1.165) is 24.2 Å². The lowest BCUT2D eigenvalue weighted by atomic mass is 9.55. The third kappa shape index (κ3) is 4.26. The second-order valence-corrected chi connectivity index (χ2v) is 6.65. The van der Waals surface area contributed by atoms with E-state index >= 15 is 0 Å². The predicted molar refractivity (Wildman–Crippen MR) is 100 cm³/mol. The molecule has 0 amide bonds. The maximum atomic E-state index is 9.25. The molecule has 0 spiro atoms. The first-order valence-corrected chi connectivity index (χ1v) is 8.84. The second-order valence-electron chi connectivity index (χ2n) is 6.65. The summed E-state index contributed by atoms with van der Waals surface area (Å²) >= 11 is 0. The summed E-state index contributed by atoms with van der Waals surface area (Å²) < 4.78 is 6.39. The van der Waals surface area contributed by atoms with Gasteiger partial charge in [-0.25, -0.2) is 0 Å². The Kier molecular flexibility index (Phi) is 6.08. The fourth-order valence-electron chi connectivity index (χ4n) is 3.37. The van der Waals surface area contributed by atoms with Crippen molar-refractivity contribution in [2.45, 2.75) is 31.9 Å². The number of hydrogen-bond donors (Lipinski definition) is 1. The Balaban J connectivity index is 1.77. The summed E-state index contributed by atoms with van der Waals surface area (Å²) in [6.45, 7) is 1.92. The van der Waals surface area contributed by atoms with Gasteiger partial charge in [0.15, 0.2) is 0 Å². The molecule has 2 aromatic rings. The van der Waals surface area contributed by atoms with Crippen molar-refractivity contribution in [2.75, 3.05) is 20.2 Å². The van der Waals surface area contributed by atoms with Crippen LogP contribution in [0.25, 0.3) is 0 Å². The van der Waals surface area contributed by atoms with E-state index in [-0.39, 0.29) is 13.5 Å². The summed E-state index contributed by atoms with van der Waals surface area (Å²) in [6.07, 6.45) is 3.79. The number of piperidine rings is 1. The first kappa shape index (κ1) is 17.2. The molecule has 3 nitrogen and oxygen atoms in total. The number of likely N-dealkylation sites (tertiary alicyclic amines) is 1. The van der Waals surface area contributed by atoms with Crippen molar-refractivity contribution in [3.8, 4) is 0 Å². The molecular formula is C20H26BNO2. The van der Waals surface area contributed by atoms with Crippen LogP contribution < -0.4 is 10.9 Å². The minimum atomic E-state index is -0.0609. The highest BCUT2D eigenvalue weighted by atomic mass is 16.4. The van der Waals surface area contributed by atoms with Crippen molar-refractivity contribution in [2.24, 2.45) is 0 Å². The number of hydrogen-bond acceptors (Lipinski definition) is 3. The molecule has 1 aliphatic rings. The van der Waals surface area contributed by atoms with Crippen molar-refractivity contribution in [1.29, 1.82) is 0 Å². The summed E-state index contributed by atoms with van der Waals surface area (Å²) in [7, 11) is 2.20. The zero-order valence-electron chi connectivity index (χ0n) is 14.4. The first-order chi connectivity index (χ1) is 11.8. The molecule has 0 aliphatic carbocycles. The van der Waals surface area contributed by atoms with E-state index < -0.39 is 0 Å². The van der Waals surface area contributed by atoms with Crippen LogP contribution in [0.15, 0.2) is 54.6 Å². The van der Waals surface area contributed by atoms with Gasteiger partial charge in [-0.15, -0.1) is 0 Å². The van der Waals surface area contributed by atoms with Gasteiger partial charge >= 0.3 is 6.92 Å². The molecule has 24 heavy (non-hydrogen) atoms. The van der Waals surface area contributed by atoms with Gasteiger partial charge in [0.05, 0.1) is 6.61 Å². The van der Waals surface area contributed by atoms with E-state index in [0.29, 0.717) is 6.04 Å². The minimum Gasteiger partial charge on any atom is -0.425 e. The monoisotopic (exact) mass is 323 g/mol. The average Bonchev–Trinajstić information content (AvgIpc) is 2.65. The van der Waals surface area contributed by atoms with E-state index in [1.165, 1.54) is 24.7 Å². The molecule has 0 radical (unpaired) electrons. The van der Waals surface area contributed by atoms with Crippen LogP contribution in [0.4, 0.5) is 0 Å². The Bertz CT molecular complexity index is 617. The molecule has 0 aromatic heterocycles. The van der Waals surface area contributed by atoms with Gasteiger partial charge in [0.1, 0.15) is 0 Å². The Labute approximate surface area is 145 Å². The molecule has 3 rings (SSSR count). The van der Waals surface area contributed by atoms with Crippen LogP contribution in [0.1, 0.15) is 24.8 Å². The zero-order chi connectivity index (χ0) is 16.8. The summed E-state index contributed by atoms with van der Waals surface area (Å²) in [5, 5.41) is 9.25. The normalized spacial score (nSPS) is 18.5. The van der Waals surface area contributed by atoms with E-state index in [4.69, 9.17) is 4.65 Å². The molecule has 1 unspecified atom stereocenters. The van der Waals surface area contributed by atoms with E-state index in [1.54, 1.807) is 0 Å². The average molecular weight is 323 g/mol. The number of likely N-dealkylation sites (N-methyl/N-ethyl adjacent to an activating group) is 1. The molecule has 1 heterocycles. The summed E-state index contributed by atoms with van der Waals surface area (Å²) in [5.41, 5.74) is 3.24. The van der Waals surface area contributed by atoms with Gasteiger partial charge in [0.25, 0.3) is 0 Å². The largest absolute Gasteiger partial charge is 0.425 e. The van der Waals surface area contributed by atoms with Gasteiger partial charge in [-0.2, -0.15) is 0 Å². The lowest BCUT2D eigenvalue weighted by Gasteiger charge is -2.33. The van der Waals surface area contributed by atoms with E-state index in [9.17, 15) is 5.11 Å². The highest BCUT2D eigenvalue weighted by Crippen LogP contribution is 2.15. The molecule has 0 saturated carbocycles. The van der Waals surface area contributed by atoms with Crippen LogP contribution >= 0.6 is 0 Å². The Morgan fingerprint density at radius 2 is 1.75 bits per heavy atom. The fraction of sp³-hybridized carbons (Fsp3) is 0.400. The predicted octanol–water partition coefficient (Wildman–Crippen LogP) is 1.79. The third-order valence-corrected chi connectivity index (χ3v) is 4.94. The number of aliphatic hydroxyl groups is 1. The van der Waals surface area contributed by atoms with Gasteiger partial charge in [0, 0.05) is 12.6 Å². The molecule has 1 fully saturated rings. The number of aliphatic hydroxyl groups excluding tert-OH is 1. The molecule has 1 N–H and O–H groups in total. The van der Waals surface area contributed by atoms with Gasteiger partial charge in [-0.05, 0) is 42.9 Å². The van der Waals surface area contributed by atoms with Gasteiger partial charge in [0.2, 0.25) is 0 Å². The first-order valence-electron chi connectivity index (χ1n) is 8.84. The topological polar surface area (TPSA) is 32.7 Å². The minimum absolute atomic E-state index is 0.0609. The maximum absolute atomic E-state index is 9.25. The molecule has 0 bridgehead atoms. The van der Waals surface area contributed by atoms with E-state index in [2.05, 4.69) is 48.3 Å². The van der Waals surface area contributed by atoms with Gasteiger partial charge in [-0.3, -0.25) is 0 Å². The number of benzene rings is 2. The summed E-state index contributed by atoms with van der Waals surface area (Å²) in [6, 6.07) is 19.0. The van der Waals surface area contributed by atoms with Gasteiger partial charge in [-0.1, -0.05) is 61.0 Å². The van der Waals surface area contributed by atoms with Crippen LogP contribution in [0.2, 0.25) is 0 Å². The van der Waals surface area contributed by atoms with Crippen LogP contribution in [-0.2, 0) is 11.3 Å². The standard InChI is InChI=1S/C20H26BNO2/c1-22-14-6-5-9-20(22)16-24-21(18-7-3-2-4-8-18)19-12-10-17(15-23)11-13-19/h2-4,7-8,10-13,20,23H,5-6,9,14-16H2,1H3. The maximum Gasteiger partial charge on any atom is 0.361 e. The quantitative estimate of drug-likeness (QED) is 0.823. The van der Waals surface area contributed by atoms with Crippen molar-refractivity contribution in [3.05, 3.63) is 60.2 Å². The van der Waals surface area contributed by atoms with Crippen molar-refractivity contribution in [3.63, 3.8) is 0 Å². The molecule has 1 aliphatic heterocycles. The summed E-state index contributed by atoms with van der Waals surface area (Å²) in [5.74, 6) is 0. The smallest absolute Gasteiger partial charge is 0.361 e. The fourth-order valence-corrected chi connectivity index (χ4v) is 3.37. The number of rotatable bonds is 6. The molecule has 4 heteroatoms. The highest BCUT2D eigenvalue weighted by Gasteiger charge is 2.25. The zero-order valence-corrected chi connectivity index (χ0v) is 14.4. The summed E-state index contributed by atoms with van der Waals surface area (Å²) in [4.78, 5) is 2.42. The van der Waals surface area contributed by atoms with Crippen LogP contribution in [0.3, 0.4) is 0 Å². The molecule has 1 atom stereocenters. The molecular weight excluding hydrogens is 297 g/mol. The van der Waals surface area contributed by atoms with Crippen molar-refractivity contribution < 1.29 is 9.76 Å². The molecule has 1 saturated heterocycles. The molecule has 2 aromatic carbocycles. The lowest BCUT2D eigenvalue weighted by Crippen LogP contribution is -2.48. The van der Waals surface area contributed by atoms with Crippen molar-refractivity contribution in [1.82, 2.24) is 4.90 Å².